The van der Waals surface area contributed by atoms with Gasteiger partial charge in [0.05, 0.1) is 12.2 Å². The summed E-state index contributed by atoms with van der Waals surface area (Å²) in [4.78, 5) is 15.7. The molecule has 1 aliphatic rings. The van der Waals surface area contributed by atoms with Gasteiger partial charge >= 0.3 is 5.97 Å². The SMILES string of the molecule is CCOC(=O)CN=C(CC1CCC1(C)C)C(C)(C)O. The topological polar surface area (TPSA) is 58.9 Å². The van der Waals surface area contributed by atoms with Gasteiger partial charge in [-0.2, -0.15) is 0 Å². The van der Waals surface area contributed by atoms with Crippen LogP contribution in [0, 0.1) is 11.3 Å². The molecule has 0 aromatic carbocycles. The van der Waals surface area contributed by atoms with Crippen molar-refractivity contribution in [3.63, 3.8) is 0 Å². The molecular formula is C15H27NO3. The highest BCUT2D eigenvalue weighted by molar-refractivity contribution is 5.93. The molecule has 0 aromatic heterocycles. The number of hydrogen-bond acceptors (Lipinski definition) is 4. The molecule has 4 nitrogen and oxygen atoms in total. The zero-order valence-electron chi connectivity index (χ0n) is 12.8. The van der Waals surface area contributed by atoms with Crippen LogP contribution in [0.2, 0.25) is 0 Å². The van der Waals surface area contributed by atoms with Crippen molar-refractivity contribution >= 4 is 11.7 Å². The van der Waals surface area contributed by atoms with E-state index < -0.39 is 5.60 Å². The molecule has 0 radical (unpaired) electrons. The van der Waals surface area contributed by atoms with Gasteiger partial charge in [-0.25, -0.2) is 0 Å². The second-order valence-electron chi connectivity index (χ2n) is 6.56. The Bertz CT molecular complexity index is 353. The highest BCUT2D eigenvalue weighted by atomic mass is 16.5. The van der Waals surface area contributed by atoms with Crippen molar-refractivity contribution in [3.05, 3.63) is 0 Å². The molecule has 1 atom stereocenters. The Morgan fingerprint density at radius 2 is 2.11 bits per heavy atom. The smallest absolute Gasteiger partial charge is 0.327 e. The van der Waals surface area contributed by atoms with E-state index >= 15 is 0 Å². The van der Waals surface area contributed by atoms with Crippen molar-refractivity contribution in [3.8, 4) is 0 Å². The van der Waals surface area contributed by atoms with Crippen LogP contribution in [0.1, 0.15) is 53.9 Å². The Morgan fingerprint density at radius 3 is 2.47 bits per heavy atom. The lowest BCUT2D eigenvalue weighted by Crippen LogP contribution is -2.41. The third kappa shape index (κ3) is 4.60. The van der Waals surface area contributed by atoms with Crippen molar-refractivity contribution in [1.82, 2.24) is 0 Å². The van der Waals surface area contributed by atoms with E-state index in [2.05, 4.69) is 18.8 Å². The summed E-state index contributed by atoms with van der Waals surface area (Å²) in [6.07, 6.45) is 3.14. The van der Waals surface area contributed by atoms with Gasteiger partial charge in [-0.3, -0.25) is 9.79 Å². The monoisotopic (exact) mass is 269 g/mol. The van der Waals surface area contributed by atoms with E-state index in [4.69, 9.17) is 4.74 Å². The Labute approximate surface area is 116 Å². The van der Waals surface area contributed by atoms with Crippen LogP contribution >= 0.6 is 0 Å². The summed E-state index contributed by atoms with van der Waals surface area (Å²) in [6.45, 7) is 10.1. The molecule has 0 aromatic rings. The van der Waals surface area contributed by atoms with Crippen LogP contribution in [0.3, 0.4) is 0 Å². The number of ether oxygens (including phenoxy) is 1. The van der Waals surface area contributed by atoms with Crippen molar-refractivity contribution in [2.75, 3.05) is 13.2 Å². The quantitative estimate of drug-likeness (QED) is 0.595. The van der Waals surface area contributed by atoms with E-state index in [1.165, 1.54) is 12.8 Å². The van der Waals surface area contributed by atoms with E-state index in [1.54, 1.807) is 20.8 Å². The van der Waals surface area contributed by atoms with Gasteiger partial charge in [-0.05, 0) is 51.4 Å². The Hall–Kier alpha value is -0.900. The fraction of sp³-hybridized carbons (Fsp3) is 0.867. The zero-order valence-corrected chi connectivity index (χ0v) is 12.8. The van der Waals surface area contributed by atoms with Crippen LogP contribution in [0.15, 0.2) is 4.99 Å². The number of carbonyl (C=O) groups is 1. The third-order valence-electron chi connectivity index (χ3n) is 4.09. The Kier molecular flexibility index (Phi) is 5.13. The van der Waals surface area contributed by atoms with Crippen LogP contribution in [0.25, 0.3) is 0 Å². The first-order valence-electron chi connectivity index (χ1n) is 7.08. The Balaban J connectivity index is 2.68. The molecule has 0 saturated heterocycles. The first-order valence-corrected chi connectivity index (χ1v) is 7.08. The van der Waals surface area contributed by atoms with Gasteiger partial charge in [0.2, 0.25) is 0 Å². The molecule has 1 saturated carbocycles. The molecule has 4 heteroatoms. The Morgan fingerprint density at radius 1 is 1.47 bits per heavy atom. The fourth-order valence-corrected chi connectivity index (χ4v) is 2.41. The van der Waals surface area contributed by atoms with E-state index in [-0.39, 0.29) is 12.5 Å². The van der Waals surface area contributed by atoms with Gasteiger partial charge in [0.1, 0.15) is 6.54 Å². The normalized spacial score (nSPS) is 22.8. The number of rotatable bonds is 6. The number of esters is 1. The second-order valence-corrected chi connectivity index (χ2v) is 6.56. The van der Waals surface area contributed by atoms with Crippen LogP contribution in [-0.4, -0.2) is 35.5 Å². The first-order chi connectivity index (χ1) is 8.66. The predicted molar refractivity (Wildman–Crippen MR) is 76.4 cm³/mol. The molecular weight excluding hydrogens is 242 g/mol. The van der Waals surface area contributed by atoms with Crippen LogP contribution in [-0.2, 0) is 9.53 Å². The van der Waals surface area contributed by atoms with Crippen molar-refractivity contribution in [2.24, 2.45) is 16.3 Å². The second kappa shape index (κ2) is 6.04. The predicted octanol–water partition coefficient (Wildman–Crippen LogP) is 2.59. The number of hydrogen-bond donors (Lipinski definition) is 1. The van der Waals surface area contributed by atoms with Crippen molar-refractivity contribution < 1.29 is 14.6 Å². The molecule has 1 rings (SSSR count). The minimum absolute atomic E-state index is 0.000309. The molecule has 1 N–H and O–H groups in total. The number of carbonyl (C=O) groups excluding carboxylic acids is 1. The number of aliphatic hydroxyl groups is 1. The molecule has 0 amide bonds. The van der Waals surface area contributed by atoms with Gasteiger partial charge in [0.15, 0.2) is 0 Å². The summed E-state index contributed by atoms with van der Waals surface area (Å²) < 4.78 is 4.86. The highest BCUT2D eigenvalue weighted by Gasteiger charge is 2.40. The maximum atomic E-state index is 11.4. The van der Waals surface area contributed by atoms with Gasteiger partial charge in [-0.15, -0.1) is 0 Å². The van der Waals surface area contributed by atoms with E-state index in [1.807, 2.05) is 0 Å². The summed E-state index contributed by atoms with van der Waals surface area (Å²) in [6, 6.07) is 0. The maximum Gasteiger partial charge on any atom is 0.327 e. The molecule has 1 aliphatic carbocycles. The number of aliphatic imine (C=N–C) groups is 1. The summed E-state index contributed by atoms with van der Waals surface area (Å²) in [5.74, 6) is 0.206. The largest absolute Gasteiger partial charge is 0.465 e. The summed E-state index contributed by atoms with van der Waals surface area (Å²) in [7, 11) is 0. The van der Waals surface area contributed by atoms with Gasteiger partial charge in [0, 0.05) is 5.71 Å². The standard InChI is InChI=1S/C15H27NO3/c1-6-19-13(17)10-16-12(15(4,5)18)9-11-7-8-14(11,2)3/h11,18H,6-10H2,1-5H3. The minimum Gasteiger partial charge on any atom is -0.465 e. The zero-order chi connectivity index (χ0) is 14.7. The molecule has 19 heavy (non-hydrogen) atoms. The van der Waals surface area contributed by atoms with Gasteiger partial charge < -0.3 is 9.84 Å². The molecule has 110 valence electrons. The molecule has 1 fully saturated rings. The lowest BCUT2D eigenvalue weighted by atomic mass is 9.60. The van der Waals surface area contributed by atoms with Crippen molar-refractivity contribution in [2.45, 2.75) is 59.5 Å². The molecule has 0 spiro atoms. The average Bonchev–Trinajstić information content (AvgIpc) is 2.26. The lowest BCUT2D eigenvalue weighted by molar-refractivity contribution is -0.141. The maximum absolute atomic E-state index is 11.4. The summed E-state index contributed by atoms with van der Waals surface area (Å²) >= 11 is 0. The number of nitrogens with zero attached hydrogens (tertiary/aromatic N) is 1. The van der Waals surface area contributed by atoms with Crippen LogP contribution < -0.4 is 0 Å². The van der Waals surface area contributed by atoms with Crippen LogP contribution in [0.5, 0.6) is 0 Å². The molecule has 0 bridgehead atoms. The minimum atomic E-state index is -0.974. The first kappa shape index (κ1) is 16.2. The van der Waals surface area contributed by atoms with Crippen molar-refractivity contribution in [1.29, 1.82) is 0 Å². The van der Waals surface area contributed by atoms with E-state index in [0.717, 1.165) is 6.42 Å². The lowest BCUT2D eigenvalue weighted by Gasteiger charge is -2.45. The van der Waals surface area contributed by atoms with E-state index in [0.29, 0.717) is 23.7 Å². The highest BCUT2D eigenvalue weighted by Crippen LogP contribution is 2.48. The third-order valence-corrected chi connectivity index (χ3v) is 4.09. The molecule has 0 heterocycles. The van der Waals surface area contributed by atoms with E-state index in [9.17, 15) is 9.90 Å². The van der Waals surface area contributed by atoms with Crippen LogP contribution in [0.4, 0.5) is 0 Å². The summed E-state index contributed by atoms with van der Waals surface area (Å²) in [5.41, 5.74) is 0.0482. The average molecular weight is 269 g/mol. The van der Waals surface area contributed by atoms with Gasteiger partial charge in [0.25, 0.3) is 0 Å². The summed E-state index contributed by atoms with van der Waals surface area (Å²) in [5, 5.41) is 10.2. The fourth-order valence-electron chi connectivity index (χ4n) is 2.41. The molecule has 0 aliphatic heterocycles. The van der Waals surface area contributed by atoms with Gasteiger partial charge in [-0.1, -0.05) is 13.8 Å². The molecule has 1 unspecified atom stereocenters.